The molecule has 3 rings (SSSR count). The van der Waals surface area contributed by atoms with Crippen molar-refractivity contribution in [2.45, 2.75) is 159 Å². The normalized spacial score (nSPS) is 21.7. The number of rotatable bonds is 31. The molecule has 0 aromatic carbocycles. The SMILES string of the molecule is CC(C)[C@H](NC(=O)[C@@H](N)CS)C(=O)N[C@H](C(=O)N1CCC[C@H]1C(=O)N[C@H](C(=O)N[C@@H](CCC(=O)NCCOCCOC[C@H]1O[C@@H](n2ccc(=O)[nH]c2=O)[C@H](O)[C@@H]1O)C(=O)N[C@H](C(=O)N[C@@H](C)C(N)=O)[C@@H](C)O)C(C)C)[C@@H](C)O. The van der Waals surface area contributed by atoms with Gasteiger partial charge in [0.15, 0.2) is 6.23 Å². The van der Waals surface area contributed by atoms with Gasteiger partial charge in [0.1, 0.15) is 60.6 Å². The standard InChI is InChI=1S/C47H78N12O18S/c1-21(2)32(55-41(69)28-9-8-14-58(28)45(73)35(25(7)61)57-43(71)33(22(3)4)54-39(67)26(48)20-78)42(70)52-27(40(68)56-34(24(6)60)44(72)51-23(5)38(49)66)10-11-30(62)50-13-16-75-17-18-76-19-29-36(64)37(65)46(77-29)59-15-12-31(63)53-47(59)74/h12,15,21-29,32-37,46,60-61,64-65,78H,8-11,13-14,16-20,48H2,1-7H3,(H2,49,66)(H,50,62)(H,51,72)(H,52,70)(H,54,67)(H,55,69)(H,56,68)(H,57,71)(H,53,63,74)/t23-,24+,25+,26-,27-,28-,29+,32-,33-,34-,35-,36+,37+,46+/m0/s1. The van der Waals surface area contributed by atoms with E-state index in [1.807, 2.05) is 4.98 Å². The highest BCUT2D eigenvalue weighted by atomic mass is 32.1. The molecular weight excluding hydrogens is 1050 g/mol. The number of aliphatic hydroxyl groups excluding tert-OH is 4. The molecule has 30 nitrogen and oxygen atoms in total. The maximum absolute atomic E-state index is 14.1. The first-order valence-corrected chi connectivity index (χ1v) is 26.1. The van der Waals surface area contributed by atoms with Gasteiger partial charge in [-0.1, -0.05) is 27.7 Å². The molecule has 440 valence electrons. The van der Waals surface area contributed by atoms with E-state index in [2.05, 4.69) is 49.8 Å². The molecule has 2 aliphatic rings. The number of thiol groups is 1. The van der Waals surface area contributed by atoms with Crippen LogP contribution in [0.1, 0.15) is 80.4 Å². The Morgan fingerprint density at radius 2 is 1.35 bits per heavy atom. The maximum Gasteiger partial charge on any atom is 0.330 e. The third-order valence-electron chi connectivity index (χ3n) is 12.7. The number of amides is 9. The highest BCUT2D eigenvalue weighted by molar-refractivity contribution is 7.80. The minimum Gasteiger partial charge on any atom is -0.391 e. The molecule has 78 heavy (non-hydrogen) atoms. The number of hydrogen-bond acceptors (Lipinski definition) is 20. The van der Waals surface area contributed by atoms with Crippen molar-refractivity contribution in [2.24, 2.45) is 23.3 Å². The molecule has 1 aromatic heterocycles. The van der Waals surface area contributed by atoms with Crippen LogP contribution in [0.4, 0.5) is 0 Å². The minimum absolute atomic E-state index is 0.00625. The number of H-pyrrole nitrogens is 1. The lowest BCUT2D eigenvalue weighted by Crippen LogP contribution is -2.62. The smallest absolute Gasteiger partial charge is 0.330 e. The Balaban J connectivity index is 1.67. The van der Waals surface area contributed by atoms with Crippen LogP contribution >= 0.6 is 12.6 Å². The van der Waals surface area contributed by atoms with Gasteiger partial charge in [0.2, 0.25) is 53.2 Å². The summed E-state index contributed by atoms with van der Waals surface area (Å²) in [6.07, 6.45) is -7.53. The van der Waals surface area contributed by atoms with Gasteiger partial charge in [-0.15, -0.1) is 0 Å². The molecule has 16 N–H and O–H groups in total. The lowest BCUT2D eigenvalue weighted by atomic mass is 10.0. The topological polar surface area (TPSA) is 457 Å². The second-order valence-corrected chi connectivity index (χ2v) is 20.1. The van der Waals surface area contributed by atoms with E-state index in [-0.39, 0.29) is 51.7 Å². The van der Waals surface area contributed by atoms with Gasteiger partial charge in [-0.2, -0.15) is 12.6 Å². The van der Waals surface area contributed by atoms with E-state index < -0.39 is 174 Å². The lowest BCUT2D eigenvalue weighted by molar-refractivity contribution is -0.145. The number of nitrogens with two attached hydrogens (primary N) is 2. The van der Waals surface area contributed by atoms with Crippen molar-refractivity contribution in [3.05, 3.63) is 33.1 Å². The summed E-state index contributed by atoms with van der Waals surface area (Å²) in [7, 11) is 0. The van der Waals surface area contributed by atoms with Crippen molar-refractivity contribution in [2.75, 3.05) is 45.3 Å². The molecule has 2 fully saturated rings. The van der Waals surface area contributed by atoms with Crippen LogP contribution in [-0.2, 0) is 57.4 Å². The molecule has 3 heterocycles. The number of primary amides is 1. The third-order valence-corrected chi connectivity index (χ3v) is 13.1. The molecule has 0 saturated carbocycles. The molecule has 2 aliphatic heterocycles. The molecule has 9 amide bonds. The number of likely N-dealkylation sites (tertiary alicyclic amines) is 1. The lowest BCUT2D eigenvalue weighted by Gasteiger charge is -2.33. The van der Waals surface area contributed by atoms with Gasteiger partial charge in [-0.25, -0.2) is 4.79 Å². The van der Waals surface area contributed by atoms with Crippen molar-refractivity contribution in [1.29, 1.82) is 0 Å². The molecule has 2 saturated heterocycles. The zero-order valence-electron chi connectivity index (χ0n) is 44.7. The fourth-order valence-corrected chi connectivity index (χ4v) is 8.28. The van der Waals surface area contributed by atoms with Crippen LogP contribution in [0, 0.1) is 11.8 Å². The molecule has 0 bridgehead atoms. The number of aromatic amines is 1. The monoisotopic (exact) mass is 1130 g/mol. The summed E-state index contributed by atoms with van der Waals surface area (Å²) in [6, 6.07) is -9.78. The quantitative estimate of drug-likeness (QED) is 0.0243. The highest BCUT2D eigenvalue weighted by Crippen LogP contribution is 2.28. The number of hydrogen-bond donors (Lipinski definition) is 15. The predicted octanol–water partition coefficient (Wildman–Crippen LogP) is -7.18. The number of nitrogens with zero attached hydrogens (tertiary/aromatic N) is 2. The average Bonchev–Trinajstić information content (AvgIpc) is 3.99. The Labute approximate surface area is 454 Å². The van der Waals surface area contributed by atoms with Gasteiger partial charge in [0.25, 0.3) is 5.56 Å². The van der Waals surface area contributed by atoms with Gasteiger partial charge < -0.3 is 88.2 Å². The summed E-state index contributed by atoms with van der Waals surface area (Å²) >= 11 is 4.01. The van der Waals surface area contributed by atoms with Crippen LogP contribution in [-0.4, -0.2) is 212 Å². The largest absolute Gasteiger partial charge is 0.391 e. The van der Waals surface area contributed by atoms with E-state index in [0.717, 1.165) is 21.7 Å². The molecule has 1 aromatic rings. The molecule has 0 radical (unpaired) electrons. The first-order valence-electron chi connectivity index (χ1n) is 25.5. The number of nitrogens with one attached hydrogen (secondary N) is 8. The van der Waals surface area contributed by atoms with E-state index >= 15 is 0 Å². The highest BCUT2D eigenvalue weighted by Gasteiger charge is 2.45. The van der Waals surface area contributed by atoms with Gasteiger partial charge in [-0.3, -0.25) is 57.5 Å². The Bertz CT molecular complexity index is 2350. The van der Waals surface area contributed by atoms with Crippen molar-refractivity contribution in [3.8, 4) is 0 Å². The summed E-state index contributed by atoms with van der Waals surface area (Å²) in [5.74, 6) is -8.75. The van der Waals surface area contributed by atoms with Gasteiger partial charge in [0, 0.05) is 37.5 Å². The number of carbonyl (C=O) groups is 9. The molecule has 0 aliphatic carbocycles. The first kappa shape index (κ1) is 66.2. The van der Waals surface area contributed by atoms with Crippen molar-refractivity contribution >= 4 is 65.8 Å². The van der Waals surface area contributed by atoms with Crippen LogP contribution in [0.5, 0.6) is 0 Å². The summed E-state index contributed by atoms with van der Waals surface area (Å²) in [5, 5.41) is 59.4. The molecule has 0 spiro atoms. The van der Waals surface area contributed by atoms with Crippen molar-refractivity contribution in [3.63, 3.8) is 0 Å². The fourth-order valence-electron chi connectivity index (χ4n) is 8.11. The van der Waals surface area contributed by atoms with Crippen LogP contribution < -0.4 is 59.9 Å². The van der Waals surface area contributed by atoms with E-state index in [1.165, 1.54) is 20.8 Å². The summed E-state index contributed by atoms with van der Waals surface area (Å²) in [5.41, 5.74) is 9.53. The summed E-state index contributed by atoms with van der Waals surface area (Å²) in [6.45, 7) is 9.90. The second kappa shape index (κ2) is 31.5. The summed E-state index contributed by atoms with van der Waals surface area (Å²) < 4.78 is 17.5. The molecular formula is C47H78N12O18S. The Morgan fingerprint density at radius 3 is 1.94 bits per heavy atom. The van der Waals surface area contributed by atoms with Gasteiger partial charge >= 0.3 is 5.69 Å². The average molecular weight is 1130 g/mol. The Morgan fingerprint density at radius 1 is 0.769 bits per heavy atom. The van der Waals surface area contributed by atoms with Crippen LogP contribution in [0.15, 0.2) is 21.9 Å². The first-order chi connectivity index (χ1) is 36.6. The number of aromatic nitrogens is 2. The number of carbonyl (C=O) groups excluding carboxylic acids is 9. The van der Waals surface area contributed by atoms with E-state index in [1.54, 1.807) is 27.7 Å². The zero-order valence-corrected chi connectivity index (χ0v) is 45.6. The number of aliphatic hydroxyl groups is 4. The van der Waals surface area contributed by atoms with Crippen molar-refractivity contribution < 1.29 is 77.8 Å². The van der Waals surface area contributed by atoms with E-state index in [4.69, 9.17) is 25.7 Å². The number of ether oxygens (including phenoxy) is 3. The van der Waals surface area contributed by atoms with Crippen LogP contribution in [0.2, 0.25) is 0 Å². The Hall–Kier alpha value is -6.06. The van der Waals surface area contributed by atoms with Gasteiger partial charge in [0.05, 0.1) is 44.7 Å². The summed E-state index contributed by atoms with van der Waals surface area (Å²) in [4.78, 5) is 147. The molecule has 31 heteroatoms. The fraction of sp³-hybridized carbons (Fsp3) is 0.723. The molecule has 14 atom stereocenters. The van der Waals surface area contributed by atoms with Crippen molar-refractivity contribution in [1.82, 2.24) is 51.7 Å². The van der Waals surface area contributed by atoms with Crippen LogP contribution in [0.25, 0.3) is 0 Å². The third kappa shape index (κ3) is 19.4. The van der Waals surface area contributed by atoms with Crippen LogP contribution in [0.3, 0.4) is 0 Å². The second-order valence-electron chi connectivity index (χ2n) is 19.7. The van der Waals surface area contributed by atoms with Gasteiger partial charge in [-0.05, 0) is 51.9 Å². The van der Waals surface area contributed by atoms with E-state index in [0.29, 0.717) is 6.42 Å². The predicted molar refractivity (Wildman–Crippen MR) is 277 cm³/mol. The minimum atomic E-state index is -1.69. The Kier molecular flexibility index (Phi) is 26.8. The molecule has 0 unspecified atom stereocenters. The van der Waals surface area contributed by atoms with E-state index in [9.17, 15) is 73.2 Å². The zero-order chi connectivity index (χ0) is 58.7. The maximum atomic E-state index is 14.1.